The Hall–Kier alpha value is -1.69. The second-order valence-electron chi connectivity index (χ2n) is 9.24. The van der Waals surface area contributed by atoms with Crippen molar-refractivity contribution in [2.75, 3.05) is 20.2 Å². The average Bonchev–Trinajstić information content (AvgIpc) is 3.63. The maximum atomic E-state index is 6.30. The van der Waals surface area contributed by atoms with E-state index >= 15 is 0 Å². The van der Waals surface area contributed by atoms with Crippen molar-refractivity contribution in [2.24, 2.45) is 5.73 Å². The number of fused-ring (bicyclic) bond motifs is 1. The standard InChI is InChI=1S/C24H31ClN4O/c1-30-23-27-21-14-29(12-9-20(21)22(28-23)16-5-6-16)19-7-10-24(15-26,11-8-19)17-3-2-4-18(25)13-17/h2-4,13,16,19H,5-12,14-15,26H2,1H3. The molecule has 0 spiro atoms. The van der Waals surface area contributed by atoms with Gasteiger partial charge in [0.25, 0.3) is 0 Å². The number of rotatable bonds is 5. The van der Waals surface area contributed by atoms with E-state index in [1.807, 2.05) is 12.1 Å². The summed E-state index contributed by atoms with van der Waals surface area (Å²) in [5.74, 6) is 0.625. The zero-order valence-corrected chi connectivity index (χ0v) is 18.5. The van der Waals surface area contributed by atoms with Crippen LogP contribution in [0.2, 0.25) is 5.02 Å². The van der Waals surface area contributed by atoms with Gasteiger partial charge in [0, 0.05) is 42.0 Å². The summed E-state index contributed by atoms with van der Waals surface area (Å²) in [6, 6.07) is 9.41. The lowest BCUT2D eigenvalue weighted by Crippen LogP contribution is -2.47. The van der Waals surface area contributed by atoms with Crippen LogP contribution in [0.5, 0.6) is 6.01 Å². The first-order chi connectivity index (χ1) is 14.6. The van der Waals surface area contributed by atoms with E-state index in [2.05, 4.69) is 17.0 Å². The van der Waals surface area contributed by atoms with E-state index in [-0.39, 0.29) is 5.41 Å². The molecule has 5 rings (SSSR count). The highest BCUT2D eigenvalue weighted by Crippen LogP contribution is 2.44. The molecule has 3 aliphatic rings. The number of nitrogens with zero attached hydrogens (tertiary/aromatic N) is 3. The van der Waals surface area contributed by atoms with Gasteiger partial charge < -0.3 is 10.5 Å². The molecule has 160 valence electrons. The Morgan fingerprint density at radius 3 is 2.67 bits per heavy atom. The first-order valence-electron chi connectivity index (χ1n) is 11.3. The molecule has 0 bridgehead atoms. The summed E-state index contributed by atoms with van der Waals surface area (Å²) in [4.78, 5) is 12.1. The van der Waals surface area contributed by atoms with E-state index in [1.165, 1.54) is 35.4 Å². The Balaban J connectivity index is 1.31. The number of hydrogen-bond donors (Lipinski definition) is 1. The zero-order valence-electron chi connectivity index (χ0n) is 17.7. The molecule has 2 heterocycles. The van der Waals surface area contributed by atoms with Crippen molar-refractivity contribution in [3.63, 3.8) is 0 Å². The molecule has 1 aromatic carbocycles. The number of nitrogens with two attached hydrogens (primary N) is 1. The van der Waals surface area contributed by atoms with Gasteiger partial charge >= 0.3 is 6.01 Å². The van der Waals surface area contributed by atoms with E-state index in [9.17, 15) is 0 Å². The lowest BCUT2D eigenvalue weighted by Gasteiger charge is -2.44. The molecule has 2 aromatic rings. The predicted molar refractivity (Wildman–Crippen MR) is 119 cm³/mol. The summed E-state index contributed by atoms with van der Waals surface area (Å²) in [6.07, 6.45) is 8.11. The third kappa shape index (κ3) is 3.72. The third-order valence-corrected chi connectivity index (χ3v) is 7.74. The van der Waals surface area contributed by atoms with Crippen molar-refractivity contribution >= 4 is 11.6 Å². The van der Waals surface area contributed by atoms with Gasteiger partial charge in [0.2, 0.25) is 0 Å². The molecule has 1 aromatic heterocycles. The Morgan fingerprint density at radius 1 is 1.20 bits per heavy atom. The van der Waals surface area contributed by atoms with Crippen LogP contribution in [0.3, 0.4) is 0 Å². The van der Waals surface area contributed by atoms with Gasteiger partial charge in [-0.25, -0.2) is 0 Å². The van der Waals surface area contributed by atoms with Crippen LogP contribution < -0.4 is 10.5 Å². The van der Waals surface area contributed by atoms with Crippen molar-refractivity contribution in [1.29, 1.82) is 0 Å². The topological polar surface area (TPSA) is 64.3 Å². The number of benzene rings is 1. The van der Waals surface area contributed by atoms with Crippen LogP contribution in [0.4, 0.5) is 0 Å². The van der Waals surface area contributed by atoms with E-state index in [0.717, 1.165) is 50.2 Å². The molecule has 2 aliphatic carbocycles. The summed E-state index contributed by atoms with van der Waals surface area (Å²) in [7, 11) is 1.67. The summed E-state index contributed by atoms with van der Waals surface area (Å²) in [5, 5.41) is 0.801. The maximum absolute atomic E-state index is 6.30. The van der Waals surface area contributed by atoms with E-state index in [0.29, 0.717) is 24.5 Å². The fourth-order valence-corrected chi connectivity index (χ4v) is 5.69. The van der Waals surface area contributed by atoms with Gasteiger partial charge in [0.1, 0.15) is 0 Å². The van der Waals surface area contributed by atoms with Gasteiger partial charge in [-0.2, -0.15) is 9.97 Å². The number of aromatic nitrogens is 2. The van der Waals surface area contributed by atoms with Gasteiger partial charge in [-0.15, -0.1) is 0 Å². The molecule has 0 saturated heterocycles. The Bertz CT molecular complexity index is 921. The second-order valence-corrected chi connectivity index (χ2v) is 9.68. The fourth-order valence-electron chi connectivity index (χ4n) is 5.50. The van der Waals surface area contributed by atoms with Gasteiger partial charge in [-0.05, 0) is 68.2 Å². The normalized spacial score (nSPS) is 27.0. The fraction of sp³-hybridized carbons (Fsp3) is 0.583. The highest BCUT2D eigenvalue weighted by Gasteiger charge is 2.39. The molecule has 2 saturated carbocycles. The third-order valence-electron chi connectivity index (χ3n) is 7.51. The summed E-state index contributed by atoms with van der Waals surface area (Å²) in [5.41, 5.74) is 11.5. The molecule has 6 heteroatoms. The molecule has 0 atom stereocenters. The molecule has 5 nitrogen and oxygen atoms in total. The van der Waals surface area contributed by atoms with Gasteiger partial charge in [-0.1, -0.05) is 23.7 Å². The van der Waals surface area contributed by atoms with Gasteiger partial charge in [0.05, 0.1) is 18.5 Å². The quantitative estimate of drug-likeness (QED) is 0.775. The average molecular weight is 427 g/mol. The SMILES string of the molecule is COc1nc2c(c(C3CC3)n1)CCN(C1CCC(CN)(c3cccc(Cl)c3)CC1)C2. The van der Waals surface area contributed by atoms with Crippen LogP contribution in [-0.4, -0.2) is 41.1 Å². The molecular weight excluding hydrogens is 396 g/mol. The number of halogens is 1. The van der Waals surface area contributed by atoms with Crippen LogP contribution in [0.25, 0.3) is 0 Å². The molecule has 2 N–H and O–H groups in total. The van der Waals surface area contributed by atoms with E-state index in [1.54, 1.807) is 7.11 Å². The maximum Gasteiger partial charge on any atom is 0.316 e. The summed E-state index contributed by atoms with van der Waals surface area (Å²) < 4.78 is 5.41. The molecule has 2 fully saturated rings. The monoisotopic (exact) mass is 426 g/mol. The van der Waals surface area contributed by atoms with E-state index < -0.39 is 0 Å². The molecule has 0 amide bonds. The van der Waals surface area contributed by atoms with Crippen molar-refractivity contribution in [1.82, 2.24) is 14.9 Å². The van der Waals surface area contributed by atoms with Crippen LogP contribution in [-0.2, 0) is 18.4 Å². The number of methoxy groups -OCH3 is 1. The van der Waals surface area contributed by atoms with Crippen LogP contribution in [0.15, 0.2) is 24.3 Å². The lowest BCUT2D eigenvalue weighted by atomic mass is 9.68. The predicted octanol–water partition coefficient (Wildman–Crippen LogP) is 4.21. The molecule has 0 radical (unpaired) electrons. The molecular formula is C24H31ClN4O. The number of ether oxygens (including phenoxy) is 1. The Kier molecular flexibility index (Phi) is 5.46. The highest BCUT2D eigenvalue weighted by atomic mass is 35.5. The zero-order chi connectivity index (χ0) is 20.7. The van der Waals surface area contributed by atoms with Gasteiger partial charge in [0.15, 0.2) is 0 Å². The van der Waals surface area contributed by atoms with Crippen LogP contribution in [0.1, 0.15) is 67.0 Å². The first kappa shape index (κ1) is 20.2. The molecule has 30 heavy (non-hydrogen) atoms. The van der Waals surface area contributed by atoms with Crippen molar-refractivity contribution in [2.45, 2.75) is 68.9 Å². The smallest absolute Gasteiger partial charge is 0.316 e. The minimum atomic E-state index is 0.0552. The Morgan fingerprint density at radius 2 is 2.00 bits per heavy atom. The van der Waals surface area contributed by atoms with Gasteiger partial charge in [-0.3, -0.25) is 4.90 Å². The molecule has 0 unspecified atom stereocenters. The van der Waals surface area contributed by atoms with Crippen LogP contribution >= 0.6 is 11.6 Å². The van der Waals surface area contributed by atoms with Crippen LogP contribution in [0, 0.1) is 0 Å². The lowest BCUT2D eigenvalue weighted by molar-refractivity contribution is 0.110. The van der Waals surface area contributed by atoms with Crippen molar-refractivity contribution in [3.05, 3.63) is 51.8 Å². The summed E-state index contributed by atoms with van der Waals surface area (Å²) in [6.45, 7) is 2.68. The highest BCUT2D eigenvalue weighted by molar-refractivity contribution is 6.30. The minimum Gasteiger partial charge on any atom is -0.467 e. The first-order valence-corrected chi connectivity index (χ1v) is 11.6. The number of hydrogen-bond acceptors (Lipinski definition) is 5. The summed E-state index contributed by atoms with van der Waals surface area (Å²) >= 11 is 6.27. The van der Waals surface area contributed by atoms with Crippen molar-refractivity contribution < 1.29 is 4.74 Å². The van der Waals surface area contributed by atoms with Crippen molar-refractivity contribution in [3.8, 4) is 6.01 Å². The second kappa shape index (κ2) is 8.10. The Labute approximate surface area is 184 Å². The largest absolute Gasteiger partial charge is 0.467 e. The minimum absolute atomic E-state index is 0.0552. The molecule has 1 aliphatic heterocycles. The van der Waals surface area contributed by atoms with E-state index in [4.69, 9.17) is 32.0 Å².